The van der Waals surface area contributed by atoms with Crippen LogP contribution in [-0.4, -0.2) is 14.6 Å². The van der Waals surface area contributed by atoms with E-state index < -0.39 is 0 Å². The summed E-state index contributed by atoms with van der Waals surface area (Å²) >= 11 is 6.48. The molecule has 0 spiro atoms. The second kappa shape index (κ2) is 4.53. The smallest absolute Gasteiger partial charge is 0.165 e. The molecule has 0 atom stereocenters. The van der Waals surface area contributed by atoms with Crippen LogP contribution in [0, 0.1) is 12.7 Å². The molecular weight excluding hydrogens is 289 g/mol. The summed E-state index contributed by atoms with van der Waals surface area (Å²) in [6, 6.07) is 6.51. The summed E-state index contributed by atoms with van der Waals surface area (Å²) in [6.07, 6.45) is 2.97. The van der Waals surface area contributed by atoms with Gasteiger partial charge in [0.25, 0.3) is 0 Å². The van der Waals surface area contributed by atoms with E-state index in [4.69, 9.17) is 16.6 Å². The molecule has 106 valence electrons. The molecule has 0 N–H and O–H groups in total. The van der Waals surface area contributed by atoms with Gasteiger partial charge in [-0.25, -0.2) is 13.9 Å². The molecular formula is C16H13ClFN3. The minimum Gasteiger partial charge on any atom is -0.233 e. The SMILES string of the molecule is Cc1nn2c(Cl)c3c(nc2c1-c1cccc(F)c1)CCC3. The van der Waals surface area contributed by atoms with E-state index in [-0.39, 0.29) is 5.82 Å². The summed E-state index contributed by atoms with van der Waals surface area (Å²) in [5.41, 5.74) is 5.29. The van der Waals surface area contributed by atoms with Gasteiger partial charge in [-0.15, -0.1) is 0 Å². The Balaban J connectivity index is 2.06. The first kappa shape index (κ1) is 12.8. The van der Waals surface area contributed by atoms with E-state index in [1.54, 1.807) is 10.6 Å². The molecule has 1 aliphatic rings. The lowest BCUT2D eigenvalue weighted by atomic mass is 10.1. The first-order valence-electron chi connectivity index (χ1n) is 6.97. The second-order valence-corrected chi connectivity index (χ2v) is 5.75. The number of hydrogen-bond donors (Lipinski definition) is 0. The molecule has 0 radical (unpaired) electrons. The van der Waals surface area contributed by atoms with E-state index in [1.165, 1.54) is 12.1 Å². The maximum absolute atomic E-state index is 13.5. The van der Waals surface area contributed by atoms with Crippen molar-refractivity contribution in [1.29, 1.82) is 0 Å². The monoisotopic (exact) mass is 301 g/mol. The number of benzene rings is 1. The molecule has 0 unspecified atom stereocenters. The zero-order valence-electron chi connectivity index (χ0n) is 11.5. The number of aromatic nitrogens is 3. The lowest BCUT2D eigenvalue weighted by Gasteiger charge is -2.05. The molecule has 0 amide bonds. The molecule has 1 aromatic carbocycles. The first-order chi connectivity index (χ1) is 10.1. The summed E-state index contributed by atoms with van der Waals surface area (Å²) < 4.78 is 15.2. The number of aryl methyl sites for hydroxylation is 2. The van der Waals surface area contributed by atoms with Crippen molar-refractivity contribution >= 4 is 17.2 Å². The Morgan fingerprint density at radius 3 is 2.95 bits per heavy atom. The van der Waals surface area contributed by atoms with Gasteiger partial charge in [-0.2, -0.15) is 5.10 Å². The van der Waals surface area contributed by atoms with E-state index in [2.05, 4.69) is 5.10 Å². The van der Waals surface area contributed by atoms with Crippen LogP contribution in [0.2, 0.25) is 5.15 Å². The van der Waals surface area contributed by atoms with Crippen LogP contribution in [0.25, 0.3) is 16.8 Å². The van der Waals surface area contributed by atoms with Gasteiger partial charge < -0.3 is 0 Å². The normalized spacial score (nSPS) is 13.9. The van der Waals surface area contributed by atoms with Gasteiger partial charge in [-0.3, -0.25) is 0 Å². The standard InChI is InChI=1S/C16H13ClFN3/c1-9-14(10-4-2-5-11(18)8-10)16-19-13-7-3-6-12(13)15(17)21(16)20-9/h2,4-5,8H,3,6-7H2,1H3. The molecule has 3 aromatic rings. The predicted molar refractivity (Wildman–Crippen MR) is 80.2 cm³/mol. The highest BCUT2D eigenvalue weighted by molar-refractivity contribution is 6.30. The third-order valence-corrected chi connectivity index (χ3v) is 4.40. The number of rotatable bonds is 1. The zero-order valence-corrected chi connectivity index (χ0v) is 12.3. The molecule has 0 bridgehead atoms. The van der Waals surface area contributed by atoms with E-state index in [9.17, 15) is 4.39 Å². The van der Waals surface area contributed by atoms with Crippen LogP contribution in [0.3, 0.4) is 0 Å². The third-order valence-electron chi connectivity index (χ3n) is 4.01. The highest BCUT2D eigenvalue weighted by atomic mass is 35.5. The van der Waals surface area contributed by atoms with Crippen LogP contribution in [0.4, 0.5) is 4.39 Å². The van der Waals surface area contributed by atoms with Crippen molar-refractivity contribution in [2.24, 2.45) is 0 Å². The van der Waals surface area contributed by atoms with Gasteiger partial charge in [0.2, 0.25) is 0 Å². The molecule has 3 nitrogen and oxygen atoms in total. The lowest BCUT2D eigenvalue weighted by molar-refractivity contribution is 0.628. The van der Waals surface area contributed by atoms with Crippen molar-refractivity contribution in [3.8, 4) is 11.1 Å². The molecule has 2 aromatic heterocycles. The largest absolute Gasteiger partial charge is 0.233 e. The summed E-state index contributed by atoms with van der Waals surface area (Å²) in [7, 11) is 0. The molecule has 0 fully saturated rings. The Kier molecular flexibility index (Phi) is 2.76. The molecule has 4 rings (SSSR count). The zero-order chi connectivity index (χ0) is 14.6. The lowest BCUT2D eigenvalue weighted by Crippen LogP contribution is -1.99. The fourth-order valence-electron chi connectivity index (χ4n) is 3.07. The molecule has 21 heavy (non-hydrogen) atoms. The molecule has 0 aliphatic heterocycles. The van der Waals surface area contributed by atoms with Crippen LogP contribution in [0.15, 0.2) is 24.3 Å². The van der Waals surface area contributed by atoms with Crippen LogP contribution in [0.5, 0.6) is 0 Å². The average Bonchev–Trinajstić information content (AvgIpc) is 3.03. The average molecular weight is 302 g/mol. The van der Waals surface area contributed by atoms with Gasteiger partial charge in [0.1, 0.15) is 11.0 Å². The van der Waals surface area contributed by atoms with E-state index in [1.807, 2.05) is 13.0 Å². The highest BCUT2D eigenvalue weighted by Crippen LogP contribution is 2.34. The van der Waals surface area contributed by atoms with Crippen molar-refractivity contribution in [2.45, 2.75) is 26.2 Å². The summed E-state index contributed by atoms with van der Waals surface area (Å²) in [5, 5.41) is 5.13. The first-order valence-corrected chi connectivity index (χ1v) is 7.35. The topological polar surface area (TPSA) is 30.2 Å². The molecule has 1 aliphatic carbocycles. The fourth-order valence-corrected chi connectivity index (χ4v) is 3.39. The van der Waals surface area contributed by atoms with Gasteiger partial charge in [0.15, 0.2) is 5.65 Å². The van der Waals surface area contributed by atoms with Gasteiger partial charge >= 0.3 is 0 Å². The third kappa shape index (κ3) is 1.86. The number of fused-ring (bicyclic) bond motifs is 2. The van der Waals surface area contributed by atoms with Crippen LogP contribution >= 0.6 is 11.6 Å². The van der Waals surface area contributed by atoms with Crippen molar-refractivity contribution < 1.29 is 4.39 Å². The van der Waals surface area contributed by atoms with Gasteiger partial charge in [-0.05, 0) is 43.9 Å². The van der Waals surface area contributed by atoms with Crippen molar-refractivity contribution in [3.63, 3.8) is 0 Å². The van der Waals surface area contributed by atoms with E-state index in [0.29, 0.717) is 10.8 Å². The molecule has 0 saturated heterocycles. The van der Waals surface area contributed by atoms with Crippen molar-refractivity contribution in [1.82, 2.24) is 14.6 Å². The van der Waals surface area contributed by atoms with Gasteiger partial charge in [0, 0.05) is 16.8 Å². The Labute approximate surface area is 126 Å². The van der Waals surface area contributed by atoms with Gasteiger partial charge in [-0.1, -0.05) is 23.7 Å². The number of halogens is 2. The number of hydrogen-bond acceptors (Lipinski definition) is 2. The molecule has 5 heteroatoms. The highest BCUT2D eigenvalue weighted by Gasteiger charge is 2.23. The van der Waals surface area contributed by atoms with Crippen LogP contribution < -0.4 is 0 Å². The quantitative estimate of drug-likeness (QED) is 0.636. The van der Waals surface area contributed by atoms with Crippen LogP contribution in [-0.2, 0) is 12.8 Å². The molecule has 2 heterocycles. The summed E-state index contributed by atoms with van der Waals surface area (Å²) in [6.45, 7) is 1.90. The molecule has 0 saturated carbocycles. The minimum absolute atomic E-state index is 0.265. The number of nitrogens with zero attached hydrogens (tertiary/aromatic N) is 3. The predicted octanol–water partition coefficient (Wildman–Crippen LogP) is 3.99. The van der Waals surface area contributed by atoms with E-state index >= 15 is 0 Å². The summed E-state index contributed by atoms with van der Waals surface area (Å²) in [4.78, 5) is 4.74. The van der Waals surface area contributed by atoms with Crippen LogP contribution in [0.1, 0.15) is 23.4 Å². The second-order valence-electron chi connectivity index (χ2n) is 5.39. The van der Waals surface area contributed by atoms with Crippen molar-refractivity contribution in [3.05, 3.63) is 52.2 Å². The minimum atomic E-state index is -0.265. The maximum atomic E-state index is 13.5. The van der Waals surface area contributed by atoms with Crippen molar-refractivity contribution in [2.75, 3.05) is 0 Å². The maximum Gasteiger partial charge on any atom is 0.165 e. The Bertz CT molecular complexity index is 870. The Morgan fingerprint density at radius 1 is 1.29 bits per heavy atom. The van der Waals surface area contributed by atoms with E-state index in [0.717, 1.165) is 47.3 Å². The summed E-state index contributed by atoms with van der Waals surface area (Å²) in [5.74, 6) is -0.265. The van der Waals surface area contributed by atoms with Gasteiger partial charge in [0.05, 0.1) is 5.69 Å². The fraction of sp³-hybridized carbons (Fsp3) is 0.250. The Morgan fingerprint density at radius 2 is 2.14 bits per heavy atom. The Hall–Kier alpha value is -1.94.